The molecule has 0 radical (unpaired) electrons. The van der Waals surface area contributed by atoms with Crippen molar-refractivity contribution in [2.75, 3.05) is 0 Å². The molecule has 3 rings (SSSR count). The summed E-state index contributed by atoms with van der Waals surface area (Å²) in [6.45, 7) is 0.306. The Hall–Kier alpha value is -3.20. The lowest BCUT2D eigenvalue weighted by Crippen LogP contribution is -2.16. The molecule has 0 fully saturated rings. The van der Waals surface area contributed by atoms with Gasteiger partial charge in [-0.3, -0.25) is 14.1 Å². The number of nitriles is 1. The molecule has 21 heavy (non-hydrogen) atoms. The first-order valence-corrected chi connectivity index (χ1v) is 6.25. The van der Waals surface area contributed by atoms with Crippen LogP contribution in [-0.4, -0.2) is 14.7 Å². The standard InChI is InChI=1S/C15H10N4O2/c16-9-11-4-6-12(7-5-11)10-19-14(18-21-15(19)20)13-3-1-2-8-17-13/h1-8H,10H2. The SMILES string of the molecule is N#Cc1ccc(Cn2c(-c3ccccn3)noc2=O)cc1. The molecular formula is C15H10N4O2. The minimum Gasteiger partial charge on any atom is -0.295 e. The van der Waals surface area contributed by atoms with Crippen LogP contribution in [0.5, 0.6) is 0 Å². The van der Waals surface area contributed by atoms with Crippen molar-refractivity contribution in [1.29, 1.82) is 5.26 Å². The van der Waals surface area contributed by atoms with Crippen LogP contribution >= 0.6 is 0 Å². The van der Waals surface area contributed by atoms with Crippen molar-refractivity contribution in [3.63, 3.8) is 0 Å². The highest BCUT2D eigenvalue weighted by atomic mass is 16.5. The molecule has 0 aliphatic carbocycles. The summed E-state index contributed by atoms with van der Waals surface area (Å²) in [6.07, 6.45) is 1.63. The van der Waals surface area contributed by atoms with Crippen LogP contribution in [0.2, 0.25) is 0 Å². The number of rotatable bonds is 3. The summed E-state index contributed by atoms with van der Waals surface area (Å²) in [5, 5.41) is 12.6. The van der Waals surface area contributed by atoms with E-state index >= 15 is 0 Å². The van der Waals surface area contributed by atoms with Crippen molar-refractivity contribution in [2.45, 2.75) is 6.54 Å². The van der Waals surface area contributed by atoms with Crippen molar-refractivity contribution in [3.05, 3.63) is 70.3 Å². The number of hydrogen-bond acceptors (Lipinski definition) is 5. The maximum atomic E-state index is 11.8. The average molecular weight is 278 g/mol. The van der Waals surface area contributed by atoms with E-state index < -0.39 is 5.76 Å². The Morgan fingerprint density at radius 3 is 2.67 bits per heavy atom. The minimum absolute atomic E-state index is 0.306. The van der Waals surface area contributed by atoms with Crippen molar-refractivity contribution < 1.29 is 4.52 Å². The molecule has 0 N–H and O–H groups in total. The summed E-state index contributed by atoms with van der Waals surface area (Å²) in [7, 11) is 0. The van der Waals surface area contributed by atoms with E-state index in [0.29, 0.717) is 23.6 Å². The zero-order valence-corrected chi connectivity index (χ0v) is 10.9. The van der Waals surface area contributed by atoms with Crippen molar-refractivity contribution in [3.8, 4) is 17.6 Å². The largest absolute Gasteiger partial charge is 0.442 e. The number of aromatic nitrogens is 3. The van der Waals surface area contributed by atoms with Crippen LogP contribution < -0.4 is 5.76 Å². The van der Waals surface area contributed by atoms with E-state index in [4.69, 9.17) is 9.78 Å². The average Bonchev–Trinajstić information content (AvgIpc) is 2.90. The van der Waals surface area contributed by atoms with Gasteiger partial charge in [0.2, 0.25) is 5.82 Å². The Kier molecular flexibility index (Phi) is 3.31. The summed E-state index contributed by atoms with van der Waals surface area (Å²) >= 11 is 0. The van der Waals surface area contributed by atoms with Gasteiger partial charge in [0, 0.05) is 6.20 Å². The molecule has 0 saturated heterocycles. The smallest absolute Gasteiger partial charge is 0.295 e. The fourth-order valence-electron chi connectivity index (χ4n) is 1.95. The second-order valence-corrected chi connectivity index (χ2v) is 4.38. The van der Waals surface area contributed by atoms with Gasteiger partial charge in [-0.25, -0.2) is 4.79 Å². The van der Waals surface area contributed by atoms with Crippen LogP contribution in [0.25, 0.3) is 11.5 Å². The highest BCUT2D eigenvalue weighted by molar-refractivity contribution is 5.48. The number of nitrogens with zero attached hydrogens (tertiary/aromatic N) is 4. The normalized spacial score (nSPS) is 10.2. The first kappa shape index (κ1) is 12.8. The van der Waals surface area contributed by atoms with Gasteiger partial charge < -0.3 is 0 Å². The topological polar surface area (TPSA) is 84.7 Å². The molecule has 102 valence electrons. The quantitative estimate of drug-likeness (QED) is 0.729. The summed E-state index contributed by atoms with van der Waals surface area (Å²) in [6, 6.07) is 14.4. The number of hydrogen-bond donors (Lipinski definition) is 0. The van der Waals surface area contributed by atoms with Crippen molar-refractivity contribution in [1.82, 2.24) is 14.7 Å². The number of pyridine rings is 1. The van der Waals surface area contributed by atoms with Crippen molar-refractivity contribution in [2.24, 2.45) is 0 Å². The third-order valence-corrected chi connectivity index (χ3v) is 3.00. The molecule has 1 aromatic carbocycles. The van der Waals surface area contributed by atoms with E-state index in [-0.39, 0.29) is 0 Å². The van der Waals surface area contributed by atoms with Gasteiger partial charge in [0.15, 0.2) is 0 Å². The molecule has 0 amide bonds. The lowest BCUT2D eigenvalue weighted by Gasteiger charge is -2.04. The molecule has 0 aliphatic rings. The lowest BCUT2D eigenvalue weighted by atomic mass is 10.1. The second-order valence-electron chi connectivity index (χ2n) is 4.38. The molecule has 0 spiro atoms. The maximum Gasteiger partial charge on any atom is 0.442 e. The molecule has 0 unspecified atom stereocenters. The molecule has 0 aliphatic heterocycles. The Morgan fingerprint density at radius 2 is 2.00 bits per heavy atom. The van der Waals surface area contributed by atoms with Crippen LogP contribution in [0, 0.1) is 11.3 Å². The fraction of sp³-hybridized carbons (Fsp3) is 0.0667. The lowest BCUT2D eigenvalue weighted by molar-refractivity contribution is 0.378. The molecule has 3 aromatic rings. The molecule has 2 heterocycles. The minimum atomic E-state index is -0.542. The summed E-state index contributed by atoms with van der Waals surface area (Å²) < 4.78 is 6.14. The van der Waals surface area contributed by atoms with Gasteiger partial charge in [0.25, 0.3) is 0 Å². The Labute approximate surface area is 119 Å². The highest BCUT2D eigenvalue weighted by Gasteiger charge is 2.13. The van der Waals surface area contributed by atoms with Gasteiger partial charge in [-0.2, -0.15) is 5.26 Å². The van der Waals surface area contributed by atoms with Crippen LogP contribution in [0.3, 0.4) is 0 Å². The zero-order valence-electron chi connectivity index (χ0n) is 10.9. The molecule has 2 aromatic heterocycles. The molecule has 6 heteroatoms. The van der Waals surface area contributed by atoms with E-state index in [1.807, 2.05) is 6.07 Å². The Bertz CT molecular complexity index is 842. The van der Waals surface area contributed by atoms with Gasteiger partial charge in [-0.05, 0) is 29.8 Å². The molecule has 0 atom stereocenters. The Morgan fingerprint density at radius 1 is 1.19 bits per heavy atom. The summed E-state index contributed by atoms with van der Waals surface area (Å²) in [5.41, 5.74) is 2.01. The molecular weight excluding hydrogens is 268 g/mol. The van der Waals surface area contributed by atoms with E-state index in [9.17, 15) is 4.79 Å². The number of benzene rings is 1. The zero-order chi connectivity index (χ0) is 14.7. The van der Waals surface area contributed by atoms with Crippen LogP contribution in [-0.2, 0) is 6.54 Å². The van der Waals surface area contributed by atoms with Crippen molar-refractivity contribution >= 4 is 0 Å². The highest BCUT2D eigenvalue weighted by Crippen LogP contribution is 2.14. The monoisotopic (exact) mass is 278 g/mol. The predicted molar refractivity (Wildman–Crippen MR) is 74.3 cm³/mol. The first-order valence-electron chi connectivity index (χ1n) is 6.25. The third-order valence-electron chi connectivity index (χ3n) is 3.00. The third kappa shape index (κ3) is 2.58. The molecule has 0 bridgehead atoms. The first-order chi connectivity index (χ1) is 10.3. The van der Waals surface area contributed by atoms with Crippen LogP contribution in [0.1, 0.15) is 11.1 Å². The van der Waals surface area contributed by atoms with E-state index in [1.165, 1.54) is 4.57 Å². The maximum absolute atomic E-state index is 11.8. The van der Waals surface area contributed by atoms with Crippen LogP contribution in [0.4, 0.5) is 0 Å². The van der Waals surface area contributed by atoms with Gasteiger partial charge >= 0.3 is 5.76 Å². The van der Waals surface area contributed by atoms with Gasteiger partial charge in [0.1, 0.15) is 5.69 Å². The van der Waals surface area contributed by atoms with Crippen LogP contribution in [0.15, 0.2) is 58.0 Å². The second kappa shape index (κ2) is 5.43. The van der Waals surface area contributed by atoms with E-state index in [0.717, 1.165) is 5.56 Å². The predicted octanol–water partition coefficient (Wildman–Crippen LogP) is 1.82. The van der Waals surface area contributed by atoms with E-state index in [1.54, 1.807) is 42.6 Å². The summed E-state index contributed by atoms with van der Waals surface area (Å²) in [5.74, 6) is -0.162. The molecule has 6 nitrogen and oxygen atoms in total. The summed E-state index contributed by atoms with van der Waals surface area (Å²) in [4.78, 5) is 16.0. The van der Waals surface area contributed by atoms with Gasteiger partial charge in [0.05, 0.1) is 18.2 Å². The van der Waals surface area contributed by atoms with Gasteiger partial charge in [-0.1, -0.05) is 23.4 Å². The van der Waals surface area contributed by atoms with E-state index in [2.05, 4.69) is 16.2 Å². The Balaban J connectivity index is 1.97. The van der Waals surface area contributed by atoms with Gasteiger partial charge in [-0.15, -0.1) is 0 Å². The molecule has 0 saturated carbocycles. The fourth-order valence-corrected chi connectivity index (χ4v) is 1.95.